The maximum atomic E-state index is 12.4. The predicted octanol–water partition coefficient (Wildman–Crippen LogP) is 3.16. The molecule has 0 saturated carbocycles. The van der Waals surface area contributed by atoms with Crippen molar-refractivity contribution < 1.29 is 13.5 Å². The molecule has 0 aromatic heterocycles. The quantitative estimate of drug-likeness (QED) is 0.912. The molecule has 0 aliphatic carbocycles. The van der Waals surface area contributed by atoms with Gasteiger partial charge in [0.05, 0.1) is 16.7 Å². The van der Waals surface area contributed by atoms with Gasteiger partial charge in [-0.05, 0) is 55.7 Å². The van der Waals surface area contributed by atoms with Crippen LogP contribution in [0.3, 0.4) is 0 Å². The summed E-state index contributed by atoms with van der Waals surface area (Å²) in [4.78, 5) is 0.141. The van der Waals surface area contributed by atoms with E-state index in [0.29, 0.717) is 11.3 Å². The highest BCUT2D eigenvalue weighted by molar-refractivity contribution is 7.92. The van der Waals surface area contributed by atoms with E-state index >= 15 is 0 Å². The molecule has 0 heterocycles. The molecule has 4 nitrogen and oxygen atoms in total. The summed E-state index contributed by atoms with van der Waals surface area (Å²) in [6.45, 7) is 5.41. The molecule has 0 fully saturated rings. The van der Waals surface area contributed by atoms with Crippen LogP contribution in [0.15, 0.2) is 47.4 Å². The highest BCUT2D eigenvalue weighted by Gasteiger charge is 2.16. The second-order valence-corrected chi connectivity index (χ2v) is 6.78. The number of benzene rings is 2. The molecule has 2 N–H and O–H groups in total. The Hall–Kier alpha value is -1.85. The molecule has 1 unspecified atom stereocenters. The van der Waals surface area contributed by atoms with E-state index in [2.05, 4.69) is 4.72 Å². The van der Waals surface area contributed by atoms with Crippen LogP contribution in [0.5, 0.6) is 0 Å². The first-order chi connectivity index (χ1) is 9.81. The fourth-order valence-electron chi connectivity index (χ4n) is 2.01. The Bertz CT molecular complexity index is 752. The number of aliphatic hydroxyl groups excluding tert-OH is 1. The molecular weight excluding hydrogens is 286 g/mol. The third-order valence-corrected chi connectivity index (χ3v) is 4.86. The van der Waals surface area contributed by atoms with Gasteiger partial charge in [-0.3, -0.25) is 4.72 Å². The Balaban J connectivity index is 2.39. The third kappa shape index (κ3) is 3.43. The topological polar surface area (TPSA) is 66.4 Å². The number of hydrogen-bond donors (Lipinski definition) is 2. The lowest BCUT2D eigenvalue weighted by Crippen LogP contribution is -2.14. The van der Waals surface area contributed by atoms with Crippen LogP contribution < -0.4 is 4.72 Å². The third-order valence-electron chi connectivity index (χ3n) is 3.50. The molecule has 1 atom stereocenters. The number of hydrogen-bond acceptors (Lipinski definition) is 3. The van der Waals surface area contributed by atoms with Gasteiger partial charge in [0, 0.05) is 0 Å². The van der Waals surface area contributed by atoms with Gasteiger partial charge in [-0.15, -0.1) is 0 Å². The second-order valence-electron chi connectivity index (χ2n) is 5.10. The molecule has 0 bridgehead atoms. The number of aliphatic hydroxyl groups is 1. The molecule has 2 aromatic carbocycles. The molecule has 0 aliphatic heterocycles. The van der Waals surface area contributed by atoms with E-state index in [1.807, 2.05) is 26.0 Å². The van der Waals surface area contributed by atoms with E-state index in [1.54, 1.807) is 25.1 Å². The van der Waals surface area contributed by atoms with Gasteiger partial charge < -0.3 is 5.11 Å². The zero-order valence-corrected chi connectivity index (χ0v) is 13.1. The zero-order chi connectivity index (χ0) is 15.6. The van der Waals surface area contributed by atoms with Gasteiger partial charge in [0.2, 0.25) is 0 Å². The second kappa shape index (κ2) is 5.87. The summed E-state index contributed by atoms with van der Waals surface area (Å²) in [5, 5.41) is 9.57. The minimum Gasteiger partial charge on any atom is -0.389 e. The average molecular weight is 305 g/mol. The lowest BCUT2D eigenvalue weighted by molar-refractivity contribution is 0.199. The Morgan fingerprint density at radius 3 is 2.43 bits per heavy atom. The molecule has 2 aromatic rings. The smallest absolute Gasteiger partial charge is 0.261 e. The maximum Gasteiger partial charge on any atom is 0.261 e. The Morgan fingerprint density at radius 2 is 1.76 bits per heavy atom. The summed E-state index contributed by atoms with van der Waals surface area (Å²) in [5.74, 6) is 0. The van der Waals surface area contributed by atoms with E-state index < -0.39 is 16.1 Å². The maximum absolute atomic E-state index is 12.4. The monoisotopic (exact) mass is 305 g/mol. The van der Waals surface area contributed by atoms with E-state index in [1.165, 1.54) is 12.1 Å². The highest BCUT2D eigenvalue weighted by atomic mass is 32.2. The van der Waals surface area contributed by atoms with Crippen molar-refractivity contribution in [1.82, 2.24) is 0 Å². The standard InChI is InChI=1S/C16H19NO3S/c1-11-6-4-9-16(12(11)2)17-21(19,20)15-8-5-7-14(10-15)13(3)18/h4-10,13,17-18H,1-3H3. The van der Waals surface area contributed by atoms with E-state index in [-0.39, 0.29) is 4.90 Å². The summed E-state index contributed by atoms with van der Waals surface area (Å²) < 4.78 is 27.5. The van der Waals surface area contributed by atoms with Crippen molar-refractivity contribution in [3.05, 3.63) is 59.2 Å². The summed E-state index contributed by atoms with van der Waals surface area (Å²) in [6.07, 6.45) is -0.708. The van der Waals surface area contributed by atoms with Gasteiger partial charge >= 0.3 is 0 Å². The summed E-state index contributed by atoms with van der Waals surface area (Å²) >= 11 is 0. The van der Waals surface area contributed by atoms with Crippen molar-refractivity contribution in [2.75, 3.05) is 4.72 Å². The van der Waals surface area contributed by atoms with Crippen LogP contribution in [-0.4, -0.2) is 13.5 Å². The Labute approximate surface area is 125 Å². The van der Waals surface area contributed by atoms with Crippen molar-refractivity contribution in [3.63, 3.8) is 0 Å². The van der Waals surface area contributed by atoms with Gasteiger partial charge in [-0.1, -0.05) is 24.3 Å². The van der Waals surface area contributed by atoms with Gasteiger partial charge in [0.1, 0.15) is 0 Å². The molecule has 0 saturated heterocycles. The molecule has 5 heteroatoms. The van der Waals surface area contributed by atoms with E-state index in [0.717, 1.165) is 11.1 Å². The Morgan fingerprint density at radius 1 is 1.10 bits per heavy atom. The fraction of sp³-hybridized carbons (Fsp3) is 0.250. The highest BCUT2D eigenvalue weighted by Crippen LogP contribution is 2.23. The molecule has 0 spiro atoms. The molecule has 21 heavy (non-hydrogen) atoms. The molecule has 0 amide bonds. The van der Waals surface area contributed by atoms with Crippen LogP contribution in [-0.2, 0) is 10.0 Å². The zero-order valence-electron chi connectivity index (χ0n) is 12.3. The first kappa shape index (κ1) is 15.5. The number of anilines is 1. The van der Waals surface area contributed by atoms with Gasteiger partial charge in [-0.2, -0.15) is 0 Å². The van der Waals surface area contributed by atoms with E-state index in [9.17, 15) is 13.5 Å². The van der Waals surface area contributed by atoms with Crippen molar-refractivity contribution >= 4 is 15.7 Å². The molecule has 0 aliphatic rings. The van der Waals surface area contributed by atoms with Crippen molar-refractivity contribution in [3.8, 4) is 0 Å². The lowest BCUT2D eigenvalue weighted by Gasteiger charge is -2.13. The van der Waals surface area contributed by atoms with Gasteiger partial charge in [0.15, 0.2) is 0 Å². The minimum absolute atomic E-state index is 0.141. The van der Waals surface area contributed by atoms with Gasteiger partial charge in [0.25, 0.3) is 10.0 Å². The van der Waals surface area contributed by atoms with Crippen LogP contribution in [0.4, 0.5) is 5.69 Å². The molecule has 112 valence electrons. The predicted molar refractivity (Wildman–Crippen MR) is 83.8 cm³/mol. The minimum atomic E-state index is -3.67. The Kier molecular flexibility index (Phi) is 4.34. The first-order valence-electron chi connectivity index (χ1n) is 6.68. The van der Waals surface area contributed by atoms with Crippen LogP contribution >= 0.6 is 0 Å². The van der Waals surface area contributed by atoms with Crippen LogP contribution in [0.1, 0.15) is 29.7 Å². The normalized spacial score (nSPS) is 13.0. The molecule has 0 radical (unpaired) electrons. The number of rotatable bonds is 4. The van der Waals surface area contributed by atoms with Crippen LogP contribution in [0.25, 0.3) is 0 Å². The van der Waals surface area contributed by atoms with Crippen LogP contribution in [0.2, 0.25) is 0 Å². The first-order valence-corrected chi connectivity index (χ1v) is 8.16. The summed E-state index contributed by atoms with van der Waals surface area (Å²) in [7, 11) is -3.67. The van der Waals surface area contributed by atoms with E-state index in [4.69, 9.17) is 0 Å². The number of aryl methyl sites for hydroxylation is 1. The number of nitrogens with one attached hydrogen (secondary N) is 1. The SMILES string of the molecule is Cc1cccc(NS(=O)(=O)c2cccc(C(C)O)c2)c1C. The average Bonchev–Trinajstić information content (AvgIpc) is 2.44. The largest absolute Gasteiger partial charge is 0.389 e. The van der Waals surface area contributed by atoms with Crippen molar-refractivity contribution in [2.24, 2.45) is 0 Å². The lowest BCUT2D eigenvalue weighted by atomic mass is 10.1. The van der Waals surface area contributed by atoms with Crippen molar-refractivity contribution in [1.29, 1.82) is 0 Å². The van der Waals surface area contributed by atoms with Gasteiger partial charge in [-0.25, -0.2) is 8.42 Å². The van der Waals surface area contributed by atoms with Crippen LogP contribution in [0, 0.1) is 13.8 Å². The van der Waals surface area contributed by atoms with Crippen molar-refractivity contribution in [2.45, 2.75) is 31.8 Å². The molecular formula is C16H19NO3S. The molecule has 2 rings (SSSR count). The number of sulfonamides is 1. The summed E-state index contributed by atoms with van der Waals surface area (Å²) in [5.41, 5.74) is 3.05. The summed E-state index contributed by atoms with van der Waals surface area (Å²) in [6, 6.07) is 11.8. The fourth-order valence-corrected chi connectivity index (χ4v) is 3.18.